The molecule has 100 valence electrons. The lowest BCUT2D eigenvalue weighted by Crippen LogP contribution is -2.61. The third-order valence-electron chi connectivity index (χ3n) is 2.96. The highest BCUT2D eigenvalue weighted by molar-refractivity contribution is 5.13. The second kappa shape index (κ2) is 3.91. The highest BCUT2D eigenvalue weighted by Crippen LogP contribution is 2.55. The van der Waals surface area contributed by atoms with Crippen LogP contribution in [0.2, 0.25) is 0 Å². The Bertz CT molecular complexity index is 314. The van der Waals surface area contributed by atoms with Gasteiger partial charge in [0, 0.05) is 0 Å². The largest absolute Gasteiger partial charge is 0.423 e. The summed E-state index contributed by atoms with van der Waals surface area (Å²) < 4.78 is 74.6. The van der Waals surface area contributed by atoms with Crippen molar-refractivity contribution in [1.29, 1.82) is 0 Å². The quantitative estimate of drug-likeness (QED) is 0.573. The van der Waals surface area contributed by atoms with Crippen molar-refractivity contribution in [1.82, 2.24) is 0 Å². The number of hydrogen-bond donors (Lipinski definition) is 0. The van der Waals surface area contributed by atoms with Crippen LogP contribution in [0.3, 0.4) is 0 Å². The van der Waals surface area contributed by atoms with Crippen molar-refractivity contribution in [3.05, 3.63) is 12.7 Å². The summed E-state index contributed by atoms with van der Waals surface area (Å²) in [5, 5.41) is 0. The molecule has 0 bridgehead atoms. The minimum Gasteiger partial charge on any atom is -0.362 e. The Hall–Kier alpha value is -0.690. The summed E-state index contributed by atoms with van der Waals surface area (Å²) in [5.74, 6) is -4.18. The number of halogens is 5. The average Bonchev–Trinajstić information content (AvgIpc) is 2.37. The van der Waals surface area contributed by atoms with Gasteiger partial charge in [-0.3, -0.25) is 0 Å². The molecule has 1 rings (SSSR count). The Labute approximate surface area is 95.4 Å². The first-order valence-corrected chi connectivity index (χ1v) is 4.85. The molecule has 0 radical (unpaired) electrons. The van der Waals surface area contributed by atoms with Gasteiger partial charge in [0.1, 0.15) is 0 Å². The van der Waals surface area contributed by atoms with Crippen molar-refractivity contribution in [2.45, 2.75) is 37.1 Å². The van der Waals surface area contributed by atoms with Crippen molar-refractivity contribution in [2.75, 3.05) is 13.2 Å². The predicted molar refractivity (Wildman–Crippen MR) is 49.9 cm³/mol. The van der Waals surface area contributed by atoms with Gasteiger partial charge in [0.2, 0.25) is 5.60 Å². The number of rotatable bonds is 3. The van der Waals surface area contributed by atoms with Crippen LogP contribution in [-0.4, -0.2) is 36.5 Å². The van der Waals surface area contributed by atoms with Crippen molar-refractivity contribution >= 4 is 0 Å². The maximum absolute atomic E-state index is 13.9. The molecule has 1 aliphatic rings. The molecular weight excluding hydrogens is 247 g/mol. The van der Waals surface area contributed by atoms with E-state index in [1.54, 1.807) is 0 Å². The van der Waals surface area contributed by atoms with E-state index in [-0.39, 0.29) is 6.61 Å². The highest BCUT2D eigenvalue weighted by Gasteiger charge is 2.78. The molecule has 0 aromatic rings. The third-order valence-corrected chi connectivity index (χ3v) is 2.96. The molecule has 0 aromatic carbocycles. The molecule has 0 amide bonds. The van der Waals surface area contributed by atoms with Crippen LogP contribution in [0.15, 0.2) is 12.7 Å². The molecule has 2 unspecified atom stereocenters. The normalized spacial score (nSPS) is 37.1. The summed E-state index contributed by atoms with van der Waals surface area (Å²) in [6.07, 6.45) is -3.99. The number of hydrogen-bond acceptors (Lipinski definition) is 2. The molecule has 7 heteroatoms. The first-order chi connectivity index (χ1) is 7.52. The second-order valence-electron chi connectivity index (χ2n) is 4.22. The molecule has 2 nitrogen and oxygen atoms in total. The monoisotopic (exact) mass is 260 g/mol. The summed E-state index contributed by atoms with van der Waals surface area (Å²) in [6, 6.07) is 0. The van der Waals surface area contributed by atoms with Gasteiger partial charge in [0.05, 0.1) is 13.2 Å². The van der Waals surface area contributed by atoms with E-state index in [1.807, 2.05) is 0 Å². The Kier molecular flexibility index (Phi) is 3.31. The van der Waals surface area contributed by atoms with Gasteiger partial charge in [0.15, 0.2) is 5.60 Å². The van der Waals surface area contributed by atoms with E-state index in [0.717, 1.165) is 6.92 Å². The lowest BCUT2D eigenvalue weighted by atomic mass is 9.88. The lowest BCUT2D eigenvalue weighted by molar-refractivity contribution is -0.321. The van der Waals surface area contributed by atoms with E-state index in [1.165, 1.54) is 6.08 Å². The summed E-state index contributed by atoms with van der Waals surface area (Å²) in [7, 11) is 0. The van der Waals surface area contributed by atoms with Gasteiger partial charge in [-0.1, -0.05) is 6.08 Å². The highest BCUT2D eigenvalue weighted by atomic mass is 19.4. The zero-order valence-corrected chi connectivity index (χ0v) is 9.40. The minimum absolute atomic E-state index is 0.274. The van der Waals surface area contributed by atoms with Crippen LogP contribution in [-0.2, 0) is 9.47 Å². The Morgan fingerprint density at radius 1 is 1.35 bits per heavy atom. The van der Waals surface area contributed by atoms with Crippen LogP contribution in [0.1, 0.15) is 13.8 Å². The first kappa shape index (κ1) is 14.4. The van der Waals surface area contributed by atoms with E-state index in [2.05, 4.69) is 11.3 Å². The zero-order valence-electron chi connectivity index (χ0n) is 9.40. The topological polar surface area (TPSA) is 18.5 Å². The van der Waals surface area contributed by atoms with E-state index < -0.39 is 29.9 Å². The van der Waals surface area contributed by atoms with E-state index >= 15 is 0 Å². The standard InChI is InChI=1S/C10H13F5O2/c1-4-5-16-7(2)6-17-8(3,9(7,11)12)10(13,14)15/h4H,1,5-6H2,2-3H3. The number of ether oxygens (including phenoxy) is 2. The van der Waals surface area contributed by atoms with Crippen LogP contribution in [0, 0.1) is 0 Å². The molecule has 0 saturated carbocycles. The molecule has 1 aliphatic heterocycles. The summed E-state index contributed by atoms with van der Waals surface area (Å²) >= 11 is 0. The minimum atomic E-state index is -5.17. The zero-order chi connectivity index (χ0) is 13.5. The summed E-state index contributed by atoms with van der Waals surface area (Å²) in [5.41, 5.74) is -5.85. The molecule has 2 atom stereocenters. The Balaban J connectivity index is 3.08. The lowest BCUT2D eigenvalue weighted by Gasteiger charge is -2.37. The second-order valence-corrected chi connectivity index (χ2v) is 4.22. The van der Waals surface area contributed by atoms with E-state index in [9.17, 15) is 22.0 Å². The molecule has 1 fully saturated rings. The fourth-order valence-electron chi connectivity index (χ4n) is 1.60. The average molecular weight is 260 g/mol. The van der Waals surface area contributed by atoms with Crippen LogP contribution >= 0.6 is 0 Å². The van der Waals surface area contributed by atoms with Gasteiger partial charge in [0.25, 0.3) is 0 Å². The molecular formula is C10H13F5O2. The molecule has 17 heavy (non-hydrogen) atoms. The third kappa shape index (κ3) is 1.85. The van der Waals surface area contributed by atoms with Gasteiger partial charge in [-0.2, -0.15) is 22.0 Å². The summed E-state index contributed by atoms with van der Waals surface area (Å²) in [6.45, 7) is 3.37. The van der Waals surface area contributed by atoms with E-state index in [0.29, 0.717) is 6.92 Å². The summed E-state index contributed by atoms with van der Waals surface area (Å²) in [4.78, 5) is 0. The Morgan fingerprint density at radius 2 is 1.88 bits per heavy atom. The molecule has 0 aromatic heterocycles. The smallest absolute Gasteiger partial charge is 0.362 e. The predicted octanol–water partition coefficient (Wildman–Crippen LogP) is 2.93. The molecule has 0 spiro atoms. The number of alkyl halides is 5. The van der Waals surface area contributed by atoms with E-state index in [4.69, 9.17) is 4.74 Å². The van der Waals surface area contributed by atoms with Crippen LogP contribution in [0.5, 0.6) is 0 Å². The first-order valence-electron chi connectivity index (χ1n) is 4.85. The van der Waals surface area contributed by atoms with Crippen molar-refractivity contribution in [3.63, 3.8) is 0 Å². The van der Waals surface area contributed by atoms with Gasteiger partial charge in [-0.25, -0.2) is 0 Å². The Morgan fingerprint density at radius 3 is 2.24 bits per heavy atom. The van der Waals surface area contributed by atoms with Gasteiger partial charge >= 0.3 is 12.1 Å². The van der Waals surface area contributed by atoms with Gasteiger partial charge in [-0.05, 0) is 13.8 Å². The van der Waals surface area contributed by atoms with Crippen molar-refractivity contribution < 1.29 is 31.4 Å². The van der Waals surface area contributed by atoms with Crippen molar-refractivity contribution in [2.24, 2.45) is 0 Å². The fraction of sp³-hybridized carbons (Fsp3) is 0.800. The molecule has 1 saturated heterocycles. The SMILES string of the molecule is C=CCOC1(C)COC(C)(C(F)(F)F)C1(F)F. The van der Waals surface area contributed by atoms with Crippen LogP contribution < -0.4 is 0 Å². The molecule has 0 N–H and O–H groups in total. The fourth-order valence-corrected chi connectivity index (χ4v) is 1.60. The maximum Gasteiger partial charge on any atom is 0.423 e. The molecule has 0 aliphatic carbocycles. The molecule has 1 heterocycles. The van der Waals surface area contributed by atoms with Gasteiger partial charge in [-0.15, -0.1) is 6.58 Å². The van der Waals surface area contributed by atoms with Crippen molar-refractivity contribution in [3.8, 4) is 0 Å². The van der Waals surface area contributed by atoms with Crippen LogP contribution in [0.4, 0.5) is 22.0 Å². The van der Waals surface area contributed by atoms with Gasteiger partial charge < -0.3 is 9.47 Å². The maximum atomic E-state index is 13.9. The van der Waals surface area contributed by atoms with Crippen LogP contribution in [0.25, 0.3) is 0 Å².